The third-order valence-electron chi connectivity index (χ3n) is 0.909. The Hall–Kier alpha value is -1.06. The van der Waals surface area contributed by atoms with Gasteiger partial charge in [0.2, 0.25) is 0 Å². The third kappa shape index (κ3) is 3.52. The van der Waals surface area contributed by atoms with Crippen molar-refractivity contribution in [1.29, 1.82) is 0 Å². The van der Waals surface area contributed by atoms with Gasteiger partial charge in [-0.2, -0.15) is 0 Å². The zero-order valence-corrected chi connectivity index (χ0v) is 5.20. The highest BCUT2D eigenvalue weighted by Gasteiger charge is 2.01. The molecule has 0 bridgehead atoms. The van der Waals surface area contributed by atoms with Gasteiger partial charge in [0.05, 0.1) is 0 Å². The summed E-state index contributed by atoms with van der Waals surface area (Å²) in [6.45, 7) is 0.277. The van der Waals surface area contributed by atoms with E-state index in [1.54, 1.807) is 0 Å². The predicted octanol–water partition coefficient (Wildman–Crippen LogP) is 0.185. The van der Waals surface area contributed by atoms with Gasteiger partial charge in [-0.25, -0.2) is 4.79 Å². The normalized spacial score (nSPS) is 8.56. The lowest BCUT2D eigenvalue weighted by molar-refractivity contribution is -0.108. The molecule has 0 aliphatic carbocycles. The van der Waals surface area contributed by atoms with E-state index < -0.39 is 6.09 Å². The molecule has 0 aromatic carbocycles. The summed E-state index contributed by atoms with van der Waals surface area (Å²) in [5.74, 6) is 0. The number of amides is 1. The van der Waals surface area contributed by atoms with Gasteiger partial charge in [-0.15, -0.1) is 0 Å². The molecule has 0 aromatic heterocycles. The van der Waals surface area contributed by atoms with Crippen LogP contribution in [0.2, 0.25) is 0 Å². The first-order valence-corrected chi connectivity index (χ1v) is 2.56. The van der Waals surface area contributed by atoms with Gasteiger partial charge < -0.3 is 14.8 Å². The molecular weight excluding hydrogens is 122 g/mol. The average molecular weight is 131 g/mol. The van der Waals surface area contributed by atoms with E-state index in [9.17, 15) is 9.59 Å². The number of carbonyl (C=O) groups is 2. The zero-order chi connectivity index (χ0) is 7.28. The van der Waals surface area contributed by atoms with Gasteiger partial charge in [0.1, 0.15) is 6.29 Å². The van der Waals surface area contributed by atoms with Gasteiger partial charge in [-0.3, -0.25) is 0 Å². The van der Waals surface area contributed by atoms with E-state index in [-0.39, 0.29) is 13.0 Å². The van der Waals surface area contributed by atoms with E-state index in [1.165, 1.54) is 7.05 Å². The molecule has 0 atom stereocenters. The van der Waals surface area contributed by atoms with Gasteiger partial charge >= 0.3 is 6.09 Å². The van der Waals surface area contributed by atoms with Crippen molar-refractivity contribution >= 4 is 12.4 Å². The fraction of sp³-hybridized carbons (Fsp3) is 0.600. The Morgan fingerprint density at radius 1 is 1.78 bits per heavy atom. The molecule has 0 aliphatic rings. The maximum atomic E-state index is 10.0. The van der Waals surface area contributed by atoms with Gasteiger partial charge in [0.15, 0.2) is 0 Å². The topological polar surface area (TPSA) is 57.6 Å². The number of hydrogen-bond acceptors (Lipinski definition) is 2. The summed E-state index contributed by atoms with van der Waals surface area (Å²) in [6, 6.07) is 0. The van der Waals surface area contributed by atoms with Crippen LogP contribution < -0.4 is 0 Å². The molecule has 1 amide bonds. The summed E-state index contributed by atoms with van der Waals surface area (Å²) >= 11 is 0. The first kappa shape index (κ1) is 7.94. The molecule has 0 unspecified atom stereocenters. The van der Waals surface area contributed by atoms with Crippen molar-refractivity contribution in [3.8, 4) is 0 Å². The van der Waals surface area contributed by atoms with Gasteiger partial charge in [-0.1, -0.05) is 0 Å². The second-order valence-electron chi connectivity index (χ2n) is 1.66. The summed E-state index contributed by atoms with van der Waals surface area (Å²) in [5.41, 5.74) is 0. The molecule has 0 saturated heterocycles. The van der Waals surface area contributed by atoms with Crippen LogP contribution in [0.5, 0.6) is 0 Å². The number of carboxylic acid groups (broad SMARTS) is 1. The maximum absolute atomic E-state index is 10.0. The Bertz CT molecular complexity index is 113. The number of rotatable bonds is 3. The van der Waals surface area contributed by atoms with E-state index >= 15 is 0 Å². The SMILES string of the molecule is CN(CCC=O)C(=O)O. The van der Waals surface area contributed by atoms with Crippen LogP contribution in [0, 0.1) is 0 Å². The summed E-state index contributed by atoms with van der Waals surface area (Å²) in [6.07, 6.45) is -0.0424. The molecule has 0 saturated carbocycles. The third-order valence-corrected chi connectivity index (χ3v) is 0.909. The Morgan fingerprint density at radius 2 is 2.33 bits per heavy atom. The molecule has 0 heterocycles. The standard InChI is InChI=1S/C5H9NO3/c1-6(5(8)9)3-2-4-7/h4H,2-3H2,1H3,(H,8,9). The molecule has 0 aromatic rings. The molecular formula is C5H9NO3. The lowest BCUT2D eigenvalue weighted by Crippen LogP contribution is -2.25. The lowest BCUT2D eigenvalue weighted by Gasteiger charge is -2.08. The largest absolute Gasteiger partial charge is 0.465 e. The fourth-order valence-corrected chi connectivity index (χ4v) is 0.342. The first-order valence-electron chi connectivity index (χ1n) is 2.56. The van der Waals surface area contributed by atoms with E-state index in [0.717, 1.165) is 4.90 Å². The van der Waals surface area contributed by atoms with Crippen LogP contribution in [0.25, 0.3) is 0 Å². The van der Waals surface area contributed by atoms with Crippen LogP contribution in [0.1, 0.15) is 6.42 Å². The second kappa shape index (κ2) is 3.88. The van der Waals surface area contributed by atoms with Gasteiger partial charge in [-0.05, 0) is 0 Å². The molecule has 4 heteroatoms. The zero-order valence-electron chi connectivity index (χ0n) is 5.20. The summed E-state index contributed by atoms with van der Waals surface area (Å²) < 4.78 is 0. The van der Waals surface area contributed by atoms with Crippen LogP contribution in [0.15, 0.2) is 0 Å². The van der Waals surface area contributed by atoms with E-state index in [4.69, 9.17) is 5.11 Å². The average Bonchev–Trinajstić information content (AvgIpc) is 1.82. The molecule has 9 heavy (non-hydrogen) atoms. The smallest absolute Gasteiger partial charge is 0.407 e. The Kier molecular flexibility index (Phi) is 3.43. The lowest BCUT2D eigenvalue weighted by atomic mass is 10.4. The van der Waals surface area contributed by atoms with Crippen LogP contribution in [-0.2, 0) is 4.79 Å². The van der Waals surface area contributed by atoms with Crippen LogP contribution >= 0.6 is 0 Å². The van der Waals surface area contributed by atoms with Crippen molar-refractivity contribution in [2.24, 2.45) is 0 Å². The monoisotopic (exact) mass is 131 g/mol. The highest BCUT2D eigenvalue weighted by molar-refractivity contribution is 5.65. The minimum Gasteiger partial charge on any atom is -0.465 e. The van der Waals surface area contributed by atoms with Gasteiger partial charge in [0.25, 0.3) is 0 Å². The Morgan fingerprint density at radius 3 is 2.67 bits per heavy atom. The molecule has 0 aliphatic heterocycles. The molecule has 0 rings (SSSR count). The fourth-order valence-electron chi connectivity index (χ4n) is 0.342. The van der Waals surface area contributed by atoms with Crippen LogP contribution in [0.3, 0.4) is 0 Å². The Balaban J connectivity index is 3.37. The predicted molar refractivity (Wildman–Crippen MR) is 31.3 cm³/mol. The first-order chi connectivity index (χ1) is 4.18. The summed E-state index contributed by atoms with van der Waals surface area (Å²) in [5, 5.41) is 8.22. The van der Waals surface area contributed by atoms with Crippen molar-refractivity contribution in [3.63, 3.8) is 0 Å². The van der Waals surface area contributed by atoms with E-state index in [2.05, 4.69) is 0 Å². The molecule has 0 radical (unpaired) electrons. The minimum absolute atomic E-state index is 0.267. The number of aldehydes is 1. The molecule has 0 spiro atoms. The number of carbonyl (C=O) groups excluding carboxylic acids is 1. The summed E-state index contributed by atoms with van der Waals surface area (Å²) in [4.78, 5) is 20.8. The number of hydrogen-bond donors (Lipinski definition) is 1. The maximum Gasteiger partial charge on any atom is 0.407 e. The molecule has 52 valence electrons. The van der Waals surface area contributed by atoms with Crippen molar-refractivity contribution in [3.05, 3.63) is 0 Å². The highest BCUT2D eigenvalue weighted by atomic mass is 16.4. The molecule has 1 N–H and O–H groups in total. The highest BCUT2D eigenvalue weighted by Crippen LogP contribution is 1.83. The van der Waals surface area contributed by atoms with Crippen molar-refractivity contribution in [2.45, 2.75) is 6.42 Å². The van der Waals surface area contributed by atoms with Crippen LogP contribution in [-0.4, -0.2) is 36.0 Å². The second-order valence-corrected chi connectivity index (χ2v) is 1.66. The van der Waals surface area contributed by atoms with Crippen molar-refractivity contribution < 1.29 is 14.7 Å². The van der Waals surface area contributed by atoms with Crippen molar-refractivity contribution in [1.82, 2.24) is 4.90 Å². The summed E-state index contributed by atoms with van der Waals surface area (Å²) in [7, 11) is 1.42. The van der Waals surface area contributed by atoms with E-state index in [1.807, 2.05) is 0 Å². The van der Waals surface area contributed by atoms with Crippen molar-refractivity contribution in [2.75, 3.05) is 13.6 Å². The number of nitrogens with zero attached hydrogens (tertiary/aromatic N) is 1. The van der Waals surface area contributed by atoms with Crippen LogP contribution in [0.4, 0.5) is 4.79 Å². The minimum atomic E-state index is -1.00. The van der Waals surface area contributed by atoms with E-state index in [0.29, 0.717) is 6.29 Å². The van der Waals surface area contributed by atoms with Gasteiger partial charge in [0, 0.05) is 20.0 Å². The Labute approximate surface area is 53.1 Å². The molecule has 0 fully saturated rings. The molecule has 4 nitrogen and oxygen atoms in total. The quantitative estimate of drug-likeness (QED) is 0.556.